The lowest BCUT2D eigenvalue weighted by Gasteiger charge is -2.05. The third kappa shape index (κ3) is 2.87. The minimum Gasteiger partial charge on any atom is -0.454 e. The van der Waals surface area contributed by atoms with Crippen LogP contribution in [0.15, 0.2) is 24.3 Å². The molecule has 2 rings (SSSR count). The Kier molecular flexibility index (Phi) is 3.95. The zero-order chi connectivity index (χ0) is 13.1. The lowest BCUT2D eigenvalue weighted by Crippen LogP contribution is -2.09. The molecule has 1 aromatic heterocycles. The van der Waals surface area contributed by atoms with E-state index in [0.29, 0.717) is 11.4 Å². The van der Waals surface area contributed by atoms with Gasteiger partial charge in [0.2, 0.25) is 0 Å². The molecule has 0 bridgehead atoms. The second-order valence-corrected chi connectivity index (χ2v) is 5.05. The highest BCUT2D eigenvalue weighted by molar-refractivity contribution is 14.1. The number of aromatic nitrogens is 3. The molecule has 1 aromatic carbocycles. The molecule has 0 amide bonds. The van der Waals surface area contributed by atoms with Crippen LogP contribution in [-0.4, -0.2) is 20.7 Å². The lowest BCUT2D eigenvalue weighted by atomic mass is 10.2. The van der Waals surface area contributed by atoms with E-state index in [-0.39, 0.29) is 12.6 Å². The number of benzene rings is 1. The van der Waals surface area contributed by atoms with Crippen molar-refractivity contribution in [3.63, 3.8) is 0 Å². The molecule has 0 fully saturated rings. The maximum atomic E-state index is 11.8. The molecule has 18 heavy (non-hydrogen) atoms. The summed E-state index contributed by atoms with van der Waals surface area (Å²) in [5.41, 5.74) is 0.542. The van der Waals surface area contributed by atoms with E-state index in [9.17, 15) is 4.79 Å². The Morgan fingerprint density at radius 1 is 1.44 bits per heavy atom. The highest BCUT2D eigenvalue weighted by Gasteiger charge is 2.10. The number of halogens is 1. The van der Waals surface area contributed by atoms with Crippen LogP contribution in [0.25, 0.3) is 0 Å². The maximum Gasteiger partial charge on any atom is 0.338 e. The van der Waals surface area contributed by atoms with Crippen LogP contribution < -0.4 is 0 Å². The van der Waals surface area contributed by atoms with Crippen molar-refractivity contribution in [2.24, 2.45) is 7.05 Å². The number of nitrogens with zero attached hydrogens (tertiary/aromatic N) is 3. The van der Waals surface area contributed by atoms with Crippen molar-refractivity contribution in [1.29, 1.82) is 0 Å². The zero-order valence-electron chi connectivity index (χ0n) is 10.1. The maximum absolute atomic E-state index is 11.8. The summed E-state index contributed by atoms with van der Waals surface area (Å²) in [4.78, 5) is 11.8. The number of rotatable bonds is 3. The van der Waals surface area contributed by atoms with Gasteiger partial charge in [-0.05, 0) is 47.7 Å². The van der Waals surface area contributed by atoms with Crippen LogP contribution in [0, 0.1) is 10.5 Å². The summed E-state index contributed by atoms with van der Waals surface area (Å²) < 4.78 is 7.99. The Balaban J connectivity index is 2.03. The van der Waals surface area contributed by atoms with E-state index in [1.165, 1.54) is 0 Å². The molecule has 1 heterocycles. The van der Waals surface area contributed by atoms with Gasteiger partial charge in [-0.1, -0.05) is 6.07 Å². The summed E-state index contributed by atoms with van der Waals surface area (Å²) in [6.07, 6.45) is 0. The quantitative estimate of drug-likeness (QED) is 0.624. The number of aryl methyl sites for hydroxylation is 1. The van der Waals surface area contributed by atoms with Crippen LogP contribution in [0.5, 0.6) is 0 Å². The van der Waals surface area contributed by atoms with E-state index in [4.69, 9.17) is 4.74 Å². The number of hydrogen-bond acceptors (Lipinski definition) is 4. The number of esters is 1. The molecule has 0 saturated carbocycles. The van der Waals surface area contributed by atoms with Gasteiger partial charge in [0.1, 0.15) is 5.82 Å². The van der Waals surface area contributed by atoms with Crippen molar-refractivity contribution in [3.8, 4) is 0 Å². The summed E-state index contributed by atoms with van der Waals surface area (Å²) in [7, 11) is 1.84. The van der Waals surface area contributed by atoms with Gasteiger partial charge in [-0.3, -0.25) is 0 Å². The molecular formula is C12H12IN3O2. The van der Waals surface area contributed by atoms with Crippen molar-refractivity contribution in [2.75, 3.05) is 0 Å². The molecule has 0 aliphatic heterocycles. The summed E-state index contributed by atoms with van der Waals surface area (Å²) in [5, 5.41) is 7.83. The van der Waals surface area contributed by atoms with E-state index in [1.807, 2.05) is 26.1 Å². The first kappa shape index (κ1) is 13.0. The van der Waals surface area contributed by atoms with Crippen molar-refractivity contribution < 1.29 is 9.53 Å². The Morgan fingerprint density at radius 3 is 2.83 bits per heavy atom. The molecule has 0 aliphatic carbocycles. The van der Waals surface area contributed by atoms with E-state index < -0.39 is 0 Å². The van der Waals surface area contributed by atoms with Gasteiger partial charge in [-0.25, -0.2) is 4.79 Å². The average Bonchev–Trinajstić information content (AvgIpc) is 2.67. The molecule has 2 aromatic rings. The number of hydrogen-bond donors (Lipinski definition) is 0. The van der Waals surface area contributed by atoms with Gasteiger partial charge in [-0.15, -0.1) is 10.2 Å². The predicted molar refractivity (Wildman–Crippen MR) is 74.0 cm³/mol. The Bertz CT molecular complexity index is 580. The van der Waals surface area contributed by atoms with Crippen molar-refractivity contribution in [2.45, 2.75) is 13.5 Å². The highest BCUT2D eigenvalue weighted by Crippen LogP contribution is 2.10. The Morgan fingerprint density at radius 2 is 2.22 bits per heavy atom. The first-order valence-electron chi connectivity index (χ1n) is 5.35. The van der Waals surface area contributed by atoms with Gasteiger partial charge in [-0.2, -0.15) is 0 Å². The molecule has 0 spiro atoms. The third-order valence-electron chi connectivity index (χ3n) is 2.58. The van der Waals surface area contributed by atoms with Crippen LogP contribution in [0.1, 0.15) is 22.0 Å². The van der Waals surface area contributed by atoms with Gasteiger partial charge in [0.25, 0.3) is 0 Å². The molecule has 6 heteroatoms. The van der Waals surface area contributed by atoms with Crippen LogP contribution in [-0.2, 0) is 18.4 Å². The topological polar surface area (TPSA) is 57.0 Å². The fourth-order valence-electron chi connectivity index (χ4n) is 1.41. The van der Waals surface area contributed by atoms with E-state index in [2.05, 4.69) is 32.8 Å². The standard InChI is InChI=1S/C12H12IN3O2/c1-8-14-15-11(16(8)2)7-18-12(17)9-4-3-5-10(13)6-9/h3-6H,7H2,1-2H3. The normalized spacial score (nSPS) is 10.4. The SMILES string of the molecule is Cc1nnc(COC(=O)c2cccc(I)c2)n1C. The molecule has 0 N–H and O–H groups in total. The molecular weight excluding hydrogens is 345 g/mol. The molecule has 5 nitrogen and oxygen atoms in total. The second-order valence-electron chi connectivity index (χ2n) is 3.81. The minimum atomic E-state index is -0.353. The third-order valence-corrected chi connectivity index (χ3v) is 3.25. The lowest BCUT2D eigenvalue weighted by molar-refractivity contribution is 0.0458. The van der Waals surface area contributed by atoms with Gasteiger partial charge in [0.05, 0.1) is 5.56 Å². The first-order chi connectivity index (χ1) is 8.58. The Hall–Kier alpha value is -1.44. The van der Waals surface area contributed by atoms with Crippen LogP contribution >= 0.6 is 22.6 Å². The molecule has 94 valence electrons. The van der Waals surface area contributed by atoms with Gasteiger partial charge < -0.3 is 9.30 Å². The van der Waals surface area contributed by atoms with E-state index >= 15 is 0 Å². The van der Waals surface area contributed by atoms with Gasteiger partial charge >= 0.3 is 5.97 Å². The fourth-order valence-corrected chi connectivity index (χ4v) is 1.95. The smallest absolute Gasteiger partial charge is 0.338 e. The summed E-state index contributed by atoms with van der Waals surface area (Å²) in [6.45, 7) is 1.97. The molecule has 0 unspecified atom stereocenters. The summed E-state index contributed by atoms with van der Waals surface area (Å²) in [6, 6.07) is 7.26. The minimum absolute atomic E-state index is 0.127. The average molecular weight is 357 g/mol. The van der Waals surface area contributed by atoms with E-state index in [1.54, 1.807) is 16.7 Å². The zero-order valence-corrected chi connectivity index (χ0v) is 12.2. The monoisotopic (exact) mass is 357 g/mol. The summed E-state index contributed by atoms with van der Waals surface area (Å²) >= 11 is 2.15. The van der Waals surface area contributed by atoms with Gasteiger partial charge in [0.15, 0.2) is 12.4 Å². The number of carbonyl (C=O) groups is 1. The molecule has 0 saturated heterocycles. The fraction of sp³-hybridized carbons (Fsp3) is 0.250. The van der Waals surface area contributed by atoms with Crippen molar-refractivity contribution in [1.82, 2.24) is 14.8 Å². The van der Waals surface area contributed by atoms with Crippen LogP contribution in [0.2, 0.25) is 0 Å². The number of carbonyl (C=O) groups excluding carboxylic acids is 1. The van der Waals surface area contributed by atoms with Crippen molar-refractivity contribution in [3.05, 3.63) is 45.0 Å². The van der Waals surface area contributed by atoms with Crippen LogP contribution in [0.3, 0.4) is 0 Å². The molecule has 0 atom stereocenters. The van der Waals surface area contributed by atoms with Gasteiger partial charge in [0, 0.05) is 10.6 Å². The highest BCUT2D eigenvalue weighted by atomic mass is 127. The molecule has 0 aliphatic rings. The second kappa shape index (κ2) is 5.47. The molecule has 0 radical (unpaired) electrons. The van der Waals surface area contributed by atoms with E-state index in [0.717, 1.165) is 9.39 Å². The van der Waals surface area contributed by atoms with Crippen molar-refractivity contribution >= 4 is 28.6 Å². The summed E-state index contributed by atoms with van der Waals surface area (Å²) in [5.74, 6) is 1.07. The first-order valence-corrected chi connectivity index (χ1v) is 6.43. The van der Waals surface area contributed by atoms with Crippen LogP contribution in [0.4, 0.5) is 0 Å². The number of ether oxygens (including phenoxy) is 1. The predicted octanol–water partition coefficient (Wildman–Crippen LogP) is 2.09. The largest absolute Gasteiger partial charge is 0.454 e. The Labute approximate surface area is 118 Å².